The third-order valence-corrected chi connectivity index (χ3v) is 4.32. The van der Waals surface area contributed by atoms with Crippen LogP contribution in [0.5, 0.6) is 0 Å². The van der Waals surface area contributed by atoms with Gasteiger partial charge in [0.2, 0.25) is 0 Å². The largest absolute Gasteiger partial charge is 0.297 e. The molecule has 0 N–H and O–H groups in total. The van der Waals surface area contributed by atoms with Crippen LogP contribution in [0.3, 0.4) is 0 Å². The molecule has 0 atom stereocenters. The van der Waals surface area contributed by atoms with Gasteiger partial charge in [0.05, 0.1) is 6.61 Å². The second kappa shape index (κ2) is 5.72. The molecule has 0 fully saturated rings. The summed E-state index contributed by atoms with van der Waals surface area (Å²) in [6, 6.07) is 12.6. The fraction of sp³-hybridized carbons (Fsp3) is 0.333. The summed E-state index contributed by atoms with van der Waals surface area (Å²) in [4.78, 5) is 0.245. The van der Waals surface area contributed by atoms with Crippen LogP contribution in [-0.2, 0) is 14.3 Å². The molecule has 0 amide bonds. The number of rotatable bonds is 5. The van der Waals surface area contributed by atoms with E-state index in [1.165, 1.54) is 0 Å². The molecule has 0 saturated carbocycles. The molecule has 0 heterocycles. The summed E-state index contributed by atoms with van der Waals surface area (Å²) in [5, 5.41) is 1.60. The highest BCUT2D eigenvalue weighted by Gasteiger charge is 2.18. The minimum atomic E-state index is -3.68. The van der Waals surface area contributed by atoms with E-state index in [1.807, 2.05) is 38.1 Å². The van der Waals surface area contributed by atoms with Crippen LogP contribution in [0.4, 0.5) is 0 Å². The minimum Gasteiger partial charge on any atom is -0.266 e. The maximum atomic E-state index is 12.2. The first-order valence-corrected chi connectivity index (χ1v) is 7.79. The fourth-order valence-corrected chi connectivity index (χ4v) is 3.01. The van der Waals surface area contributed by atoms with Crippen molar-refractivity contribution in [1.29, 1.82) is 0 Å². The minimum absolute atomic E-state index is 0.225. The van der Waals surface area contributed by atoms with Crippen molar-refractivity contribution in [2.75, 3.05) is 6.61 Å². The van der Waals surface area contributed by atoms with E-state index in [2.05, 4.69) is 0 Å². The van der Waals surface area contributed by atoms with Crippen molar-refractivity contribution >= 4 is 20.9 Å². The predicted molar refractivity (Wildman–Crippen MR) is 76.5 cm³/mol. The van der Waals surface area contributed by atoms with E-state index < -0.39 is 10.1 Å². The van der Waals surface area contributed by atoms with Crippen molar-refractivity contribution in [3.8, 4) is 0 Å². The Labute approximate surface area is 114 Å². The van der Waals surface area contributed by atoms with Gasteiger partial charge < -0.3 is 0 Å². The van der Waals surface area contributed by atoms with Crippen LogP contribution in [0, 0.1) is 5.92 Å². The van der Waals surface area contributed by atoms with E-state index >= 15 is 0 Å². The van der Waals surface area contributed by atoms with Gasteiger partial charge >= 0.3 is 0 Å². The van der Waals surface area contributed by atoms with Gasteiger partial charge in [-0.3, -0.25) is 4.18 Å². The molecule has 0 aliphatic rings. The molecule has 0 aromatic heterocycles. The van der Waals surface area contributed by atoms with Crippen LogP contribution in [0.15, 0.2) is 47.4 Å². The highest BCUT2D eigenvalue weighted by Crippen LogP contribution is 2.24. The summed E-state index contributed by atoms with van der Waals surface area (Å²) in [6.07, 6.45) is 0.726. The van der Waals surface area contributed by atoms with Crippen LogP contribution in [0.2, 0.25) is 0 Å². The molecule has 4 heteroatoms. The standard InChI is InChI=1S/C15H18O3S/c1-12(2)10-11-18-19(16,17)15-9-5-7-13-6-3-4-8-14(13)15/h3-9,12H,10-11H2,1-2H3. The van der Waals surface area contributed by atoms with Gasteiger partial charge in [-0.25, -0.2) is 0 Å². The van der Waals surface area contributed by atoms with Crippen molar-refractivity contribution < 1.29 is 12.6 Å². The Hall–Kier alpha value is -1.39. The quantitative estimate of drug-likeness (QED) is 0.785. The number of fused-ring (bicyclic) bond motifs is 1. The van der Waals surface area contributed by atoms with E-state index in [9.17, 15) is 8.42 Å². The summed E-state index contributed by atoms with van der Waals surface area (Å²) in [6.45, 7) is 4.30. The Morgan fingerprint density at radius 2 is 1.74 bits per heavy atom. The lowest BCUT2D eigenvalue weighted by molar-refractivity contribution is 0.293. The predicted octanol–water partition coefficient (Wildman–Crippen LogP) is 3.59. The Morgan fingerprint density at radius 1 is 1.05 bits per heavy atom. The van der Waals surface area contributed by atoms with Crippen LogP contribution >= 0.6 is 0 Å². The smallest absolute Gasteiger partial charge is 0.266 e. The van der Waals surface area contributed by atoms with E-state index in [1.54, 1.807) is 18.2 Å². The monoisotopic (exact) mass is 278 g/mol. The third-order valence-electron chi connectivity index (χ3n) is 2.95. The van der Waals surface area contributed by atoms with Gasteiger partial charge in [0, 0.05) is 5.39 Å². The van der Waals surface area contributed by atoms with Crippen LogP contribution < -0.4 is 0 Å². The lowest BCUT2D eigenvalue weighted by Gasteiger charge is -2.09. The maximum Gasteiger partial charge on any atom is 0.297 e. The summed E-state index contributed by atoms with van der Waals surface area (Å²) in [7, 11) is -3.68. The molecule has 2 rings (SSSR count). The molecule has 0 radical (unpaired) electrons. The SMILES string of the molecule is CC(C)CCOS(=O)(=O)c1cccc2ccccc12. The molecule has 19 heavy (non-hydrogen) atoms. The van der Waals surface area contributed by atoms with Crippen molar-refractivity contribution in [2.24, 2.45) is 5.92 Å². The first kappa shape index (κ1) is 14.0. The second-order valence-electron chi connectivity index (χ2n) is 4.94. The molecule has 3 nitrogen and oxygen atoms in total. The highest BCUT2D eigenvalue weighted by atomic mass is 32.2. The zero-order valence-electron chi connectivity index (χ0n) is 11.2. The van der Waals surface area contributed by atoms with Gasteiger partial charge in [-0.05, 0) is 23.8 Å². The van der Waals surface area contributed by atoms with Gasteiger partial charge in [-0.1, -0.05) is 50.2 Å². The normalized spacial score (nSPS) is 12.2. The number of hydrogen-bond donors (Lipinski definition) is 0. The first-order valence-electron chi connectivity index (χ1n) is 6.38. The Morgan fingerprint density at radius 3 is 2.47 bits per heavy atom. The average Bonchev–Trinajstić information content (AvgIpc) is 2.37. The van der Waals surface area contributed by atoms with Crippen LogP contribution in [-0.4, -0.2) is 15.0 Å². The lowest BCUT2D eigenvalue weighted by Crippen LogP contribution is -2.09. The summed E-state index contributed by atoms with van der Waals surface area (Å²) in [5.41, 5.74) is 0. The van der Waals surface area contributed by atoms with E-state index in [0.29, 0.717) is 11.3 Å². The van der Waals surface area contributed by atoms with Gasteiger partial charge in [-0.2, -0.15) is 8.42 Å². The molecular weight excluding hydrogens is 260 g/mol. The maximum absolute atomic E-state index is 12.2. The first-order chi connectivity index (χ1) is 9.00. The molecule has 0 unspecified atom stereocenters. The van der Waals surface area contributed by atoms with E-state index in [0.717, 1.165) is 11.8 Å². The zero-order chi connectivity index (χ0) is 13.9. The van der Waals surface area contributed by atoms with E-state index in [4.69, 9.17) is 4.18 Å². The zero-order valence-corrected chi connectivity index (χ0v) is 12.0. The third kappa shape index (κ3) is 3.33. The second-order valence-corrected chi connectivity index (χ2v) is 6.52. The molecule has 0 spiro atoms. The topological polar surface area (TPSA) is 43.4 Å². The van der Waals surface area contributed by atoms with Gasteiger partial charge in [0.15, 0.2) is 0 Å². The van der Waals surface area contributed by atoms with Crippen LogP contribution in [0.25, 0.3) is 10.8 Å². The Kier molecular flexibility index (Phi) is 4.22. The molecule has 0 saturated heterocycles. The molecule has 0 aliphatic heterocycles. The van der Waals surface area contributed by atoms with Gasteiger partial charge in [0.25, 0.3) is 10.1 Å². The Bertz CT molecular complexity index is 655. The van der Waals surface area contributed by atoms with Crippen molar-refractivity contribution in [1.82, 2.24) is 0 Å². The summed E-state index contributed by atoms with van der Waals surface area (Å²) >= 11 is 0. The lowest BCUT2D eigenvalue weighted by atomic mass is 10.1. The fourth-order valence-electron chi connectivity index (χ4n) is 1.87. The molecule has 102 valence electrons. The van der Waals surface area contributed by atoms with Crippen molar-refractivity contribution in [3.63, 3.8) is 0 Å². The summed E-state index contributed by atoms with van der Waals surface area (Å²) in [5.74, 6) is 0.419. The summed E-state index contributed by atoms with van der Waals surface area (Å²) < 4.78 is 29.5. The van der Waals surface area contributed by atoms with Gasteiger partial charge in [-0.15, -0.1) is 0 Å². The molecule has 0 aliphatic carbocycles. The molecule has 0 bridgehead atoms. The van der Waals surface area contributed by atoms with E-state index in [-0.39, 0.29) is 11.5 Å². The Balaban J connectivity index is 2.33. The molecule has 2 aromatic rings. The van der Waals surface area contributed by atoms with Crippen molar-refractivity contribution in [3.05, 3.63) is 42.5 Å². The van der Waals surface area contributed by atoms with Gasteiger partial charge in [0.1, 0.15) is 4.90 Å². The number of hydrogen-bond acceptors (Lipinski definition) is 3. The van der Waals surface area contributed by atoms with Crippen LogP contribution in [0.1, 0.15) is 20.3 Å². The van der Waals surface area contributed by atoms with Crippen molar-refractivity contribution in [2.45, 2.75) is 25.2 Å². The molecule has 2 aromatic carbocycles. The highest BCUT2D eigenvalue weighted by molar-refractivity contribution is 7.87. The average molecular weight is 278 g/mol. The number of benzene rings is 2. The molecular formula is C15H18O3S.